The quantitative estimate of drug-likeness (QED) is 0.275. The molecule has 8 heteroatoms. The zero-order valence-corrected chi connectivity index (χ0v) is 16.3. The zero-order chi connectivity index (χ0) is 19.0. The second kappa shape index (κ2) is 7.13. The highest BCUT2D eigenvalue weighted by Crippen LogP contribution is 2.32. The van der Waals surface area contributed by atoms with Crippen molar-refractivity contribution >= 4 is 43.4 Å². The topological polar surface area (TPSA) is 74.9 Å². The van der Waals surface area contributed by atoms with E-state index in [-0.39, 0.29) is 5.56 Å². The Labute approximate surface area is 162 Å². The molecule has 0 amide bonds. The fraction of sp³-hybridized carbons (Fsp3) is 0.211. The summed E-state index contributed by atoms with van der Waals surface area (Å²) in [6.45, 7) is 0.784. The van der Waals surface area contributed by atoms with E-state index in [1.54, 1.807) is 32.4 Å². The Morgan fingerprint density at radius 3 is 2.74 bits per heavy atom. The van der Waals surface area contributed by atoms with Gasteiger partial charge in [-0.3, -0.25) is 4.79 Å². The lowest BCUT2D eigenvalue weighted by Gasteiger charge is -2.13. The summed E-state index contributed by atoms with van der Waals surface area (Å²) in [6.07, 6.45) is 1.48. The van der Waals surface area contributed by atoms with Crippen molar-refractivity contribution in [1.82, 2.24) is 14.4 Å². The molecule has 7 nitrogen and oxygen atoms in total. The van der Waals surface area contributed by atoms with Crippen molar-refractivity contribution in [3.8, 4) is 11.5 Å². The minimum Gasteiger partial charge on any atom is -0.497 e. The molecule has 0 spiro atoms. The van der Waals surface area contributed by atoms with Crippen LogP contribution >= 0.6 is 15.9 Å². The number of methoxy groups -OCH3 is 2. The summed E-state index contributed by atoms with van der Waals surface area (Å²) in [6, 6.07) is 8.97. The Kier molecular flexibility index (Phi) is 4.67. The summed E-state index contributed by atoms with van der Waals surface area (Å²) < 4.78 is 18.5. The summed E-state index contributed by atoms with van der Waals surface area (Å²) in [4.78, 5) is 22.1. The molecule has 2 heterocycles. The van der Waals surface area contributed by atoms with Gasteiger partial charge in [-0.1, -0.05) is 15.9 Å². The Hall–Kier alpha value is -2.71. The molecule has 4 rings (SSSR count). The average Bonchev–Trinajstić information content (AvgIpc) is 2.68. The molecule has 0 aliphatic rings. The van der Waals surface area contributed by atoms with Gasteiger partial charge in [-0.05, 0) is 18.2 Å². The van der Waals surface area contributed by atoms with E-state index in [1.165, 1.54) is 10.7 Å². The molecule has 0 fully saturated rings. The first-order valence-corrected chi connectivity index (χ1v) is 9.02. The predicted octanol–water partition coefficient (Wildman–Crippen LogP) is 3.19. The Balaban J connectivity index is 2.08. The zero-order valence-electron chi connectivity index (χ0n) is 14.7. The number of benzene rings is 2. The largest absolute Gasteiger partial charge is 0.497 e. The van der Waals surface area contributed by atoms with Crippen LogP contribution in [-0.2, 0) is 4.74 Å². The van der Waals surface area contributed by atoms with Crippen LogP contribution in [-0.4, -0.2) is 41.8 Å². The average molecular weight is 430 g/mol. The van der Waals surface area contributed by atoms with Gasteiger partial charge in [0.15, 0.2) is 5.65 Å². The van der Waals surface area contributed by atoms with Gasteiger partial charge in [-0.15, -0.1) is 0 Å². The number of hydrogen-bond donors (Lipinski definition) is 0. The fourth-order valence-corrected chi connectivity index (χ4v) is 3.30. The van der Waals surface area contributed by atoms with E-state index in [4.69, 9.17) is 19.2 Å². The monoisotopic (exact) mass is 429 g/mol. The number of nitrogens with zero attached hydrogens (tertiary/aromatic N) is 3. The summed E-state index contributed by atoms with van der Waals surface area (Å²) >= 11 is 3.40. The number of fused-ring (bicyclic) bond motifs is 4. The van der Waals surface area contributed by atoms with Crippen LogP contribution in [0.5, 0.6) is 11.5 Å². The van der Waals surface area contributed by atoms with Crippen molar-refractivity contribution in [3.63, 3.8) is 0 Å². The molecule has 0 bridgehead atoms. The third kappa shape index (κ3) is 3.11. The van der Waals surface area contributed by atoms with Gasteiger partial charge in [-0.2, -0.15) is 0 Å². The maximum Gasteiger partial charge on any atom is 0.267 e. The highest BCUT2D eigenvalue weighted by Gasteiger charge is 2.15. The lowest BCUT2D eigenvalue weighted by molar-refractivity contribution is 0.147. The van der Waals surface area contributed by atoms with Crippen molar-refractivity contribution in [2.24, 2.45) is 0 Å². The first-order valence-electron chi connectivity index (χ1n) is 8.22. The molecule has 0 saturated carbocycles. The molecular weight excluding hydrogens is 414 g/mol. The van der Waals surface area contributed by atoms with Crippen LogP contribution < -0.4 is 15.0 Å². The molecule has 0 aliphatic heterocycles. The second-order valence-electron chi connectivity index (χ2n) is 5.88. The van der Waals surface area contributed by atoms with Gasteiger partial charge in [0.1, 0.15) is 24.4 Å². The lowest BCUT2D eigenvalue weighted by Crippen LogP contribution is -2.16. The van der Waals surface area contributed by atoms with Gasteiger partial charge in [0.25, 0.3) is 5.56 Å². The van der Waals surface area contributed by atoms with Crippen LogP contribution in [0.15, 0.2) is 45.9 Å². The van der Waals surface area contributed by atoms with Crippen molar-refractivity contribution in [1.29, 1.82) is 0 Å². The molecule has 138 valence electrons. The van der Waals surface area contributed by atoms with Gasteiger partial charge >= 0.3 is 0 Å². The molecule has 2 aromatic carbocycles. The smallest absolute Gasteiger partial charge is 0.267 e. The van der Waals surface area contributed by atoms with E-state index in [0.29, 0.717) is 52.2 Å². The van der Waals surface area contributed by atoms with Gasteiger partial charge in [0, 0.05) is 23.7 Å². The Bertz CT molecular complexity index is 1220. The van der Waals surface area contributed by atoms with E-state index in [0.717, 1.165) is 4.47 Å². The van der Waals surface area contributed by atoms with Crippen LogP contribution in [0.1, 0.15) is 0 Å². The first kappa shape index (κ1) is 17.7. The minimum atomic E-state index is -0.190. The van der Waals surface area contributed by atoms with E-state index < -0.39 is 0 Å². The van der Waals surface area contributed by atoms with Crippen LogP contribution in [0.25, 0.3) is 27.5 Å². The number of aromatic nitrogens is 3. The van der Waals surface area contributed by atoms with E-state index in [2.05, 4.69) is 20.9 Å². The minimum absolute atomic E-state index is 0.190. The van der Waals surface area contributed by atoms with Gasteiger partial charge in [-0.25, -0.2) is 14.4 Å². The molecule has 0 unspecified atom stereocenters. The maximum atomic E-state index is 13.0. The standard InChI is InChI=1S/C19H16BrN3O4/c1-25-5-6-27-16-9-12(26-2)8-15-17(16)18-22-14-4-3-11(20)7-13(14)19(24)23(18)10-21-15/h3-4,7-10H,5-6H2,1-2H3. The second-order valence-corrected chi connectivity index (χ2v) is 6.79. The number of hydrogen-bond acceptors (Lipinski definition) is 6. The van der Waals surface area contributed by atoms with E-state index in [9.17, 15) is 4.79 Å². The predicted molar refractivity (Wildman–Crippen MR) is 106 cm³/mol. The highest BCUT2D eigenvalue weighted by molar-refractivity contribution is 9.10. The maximum absolute atomic E-state index is 13.0. The van der Waals surface area contributed by atoms with Crippen LogP contribution in [0, 0.1) is 0 Å². The third-order valence-corrected chi connectivity index (χ3v) is 4.73. The number of rotatable bonds is 5. The summed E-state index contributed by atoms with van der Waals surface area (Å²) in [5.74, 6) is 1.15. The van der Waals surface area contributed by atoms with Crippen LogP contribution in [0.4, 0.5) is 0 Å². The SMILES string of the molecule is COCCOc1cc(OC)cc2ncn3c(=O)c4cc(Br)ccc4nc3c12. The highest BCUT2D eigenvalue weighted by atomic mass is 79.9. The summed E-state index contributed by atoms with van der Waals surface area (Å²) in [5, 5.41) is 1.16. The van der Waals surface area contributed by atoms with E-state index in [1.807, 2.05) is 12.1 Å². The fourth-order valence-electron chi connectivity index (χ4n) is 2.94. The van der Waals surface area contributed by atoms with Gasteiger partial charge < -0.3 is 14.2 Å². The van der Waals surface area contributed by atoms with Crippen molar-refractivity contribution < 1.29 is 14.2 Å². The lowest BCUT2D eigenvalue weighted by atomic mass is 10.2. The molecule has 4 aromatic rings. The van der Waals surface area contributed by atoms with Crippen molar-refractivity contribution in [2.75, 3.05) is 27.4 Å². The molecule has 0 aliphatic carbocycles. The van der Waals surface area contributed by atoms with Crippen molar-refractivity contribution in [2.45, 2.75) is 0 Å². The van der Waals surface area contributed by atoms with Gasteiger partial charge in [0.05, 0.1) is 35.5 Å². The molecule has 2 aromatic heterocycles. The Morgan fingerprint density at radius 1 is 1.11 bits per heavy atom. The van der Waals surface area contributed by atoms with Crippen LogP contribution in [0.3, 0.4) is 0 Å². The normalized spacial score (nSPS) is 11.4. The van der Waals surface area contributed by atoms with Gasteiger partial charge in [0.2, 0.25) is 0 Å². The molecule has 27 heavy (non-hydrogen) atoms. The third-order valence-electron chi connectivity index (χ3n) is 4.23. The molecule has 0 N–H and O–H groups in total. The molecule has 0 radical (unpaired) electrons. The molecular formula is C19H16BrN3O4. The summed E-state index contributed by atoms with van der Waals surface area (Å²) in [5.41, 5.74) is 1.53. The van der Waals surface area contributed by atoms with Crippen LogP contribution in [0.2, 0.25) is 0 Å². The number of halogens is 1. The Morgan fingerprint density at radius 2 is 1.96 bits per heavy atom. The summed E-state index contributed by atoms with van der Waals surface area (Å²) in [7, 11) is 3.19. The molecule has 0 saturated heterocycles. The molecule has 0 atom stereocenters. The van der Waals surface area contributed by atoms with Crippen molar-refractivity contribution in [3.05, 3.63) is 51.5 Å². The van der Waals surface area contributed by atoms with E-state index >= 15 is 0 Å². The number of ether oxygens (including phenoxy) is 3. The first-order chi connectivity index (χ1) is 13.1.